The second kappa shape index (κ2) is 5.91. The second-order valence-corrected chi connectivity index (χ2v) is 7.71. The zero-order chi connectivity index (χ0) is 17.5. The number of aromatic nitrogens is 2. The first-order chi connectivity index (χ1) is 11.3. The summed E-state index contributed by atoms with van der Waals surface area (Å²) in [5.41, 5.74) is 4.89. The normalized spacial score (nSPS) is 12.3. The molecule has 24 heavy (non-hydrogen) atoms. The molecule has 0 aliphatic rings. The van der Waals surface area contributed by atoms with E-state index in [9.17, 15) is 4.79 Å². The van der Waals surface area contributed by atoms with E-state index in [-0.39, 0.29) is 5.41 Å². The van der Waals surface area contributed by atoms with Gasteiger partial charge >= 0.3 is 5.97 Å². The van der Waals surface area contributed by atoms with E-state index in [0.717, 1.165) is 27.6 Å². The van der Waals surface area contributed by atoms with Gasteiger partial charge < -0.3 is 5.11 Å². The smallest absolute Gasteiger partial charge is 0.328 e. The Kier molecular flexibility index (Phi) is 4.05. The van der Waals surface area contributed by atoms with E-state index in [1.807, 2.05) is 0 Å². The van der Waals surface area contributed by atoms with Gasteiger partial charge in [0.2, 0.25) is 0 Å². The predicted molar refractivity (Wildman–Crippen MR) is 98.6 cm³/mol. The third-order valence-electron chi connectivity index (χ3n) is 3.84. The molecule has 0 saturated heterocycles. The van der Waals surface area contributed by atoms with Crippen molar-refractivity contribution in [3.8, 4) is 11.3 Å². The summed E-state index contributed by atoms with van der Waals surface area (Å²) in [5.74, 6) is -0.961. The molecule has 124 valence electrons. The van der Waals surface area contributed by atoms with Crippen molar-refractivity contribution in [3.05, 3.63) is 52.7 Å². The molecule has 2 heterocycles. The summed E-state index contributed by atoms with van der Waals surface area (Å²) in [7, 11) is 0. The molecular weight excluding hydrogens is 320 g/mol. The van der Waals surface area contributed by atoms with E-state index >= 15 is 0 Å². The van der Waals surface area contributed by atoms with Crippen molar-refractivity contribution in [2.75, 3.05) is 0 Å². The summed E-state index contributed by atoms with van der Waals surface area (Å²) in [4.78, 5) is 16.6. The fraction of sp³-hybridized carbons (Fsp3) is 0.263. The van der Waals surface area contributed by atoms with Gasteiger partial charge in [0, 0.05) is 16.9 Å². The number of carbonyl (C=O) groups is 1. The third-order valence-corrected chi connectivity index (χ3v) is 4.67. The number of carboxylic acid groups (broad SMARTS) is 1. The maximum absolute atomic E-state index is 11.0. The van der Waals surface area contributed by atoms with Crippen LogP contribution in [-0.4, -0.2) is 20.5 Å². The van der Waals surface area contributed by atoms with Crippen LogP contribution in [0.4, 0.5) is 0 Å². The van der Waals surface area contributed by atoms with Crippen LogP contribution in [0, 0.1) is 6.92 Å². The summed E-state index contributed by atoms with van der Waals surface area (Å²) in [6.07, 6.45) is 2.82. The van der Waals surface area contributed by atoms with Gasteiger partial charge in [-0.2, -0.15) is 0 Å². The highest BCUT2D eigenvalue weighted by atomic mass is 32.1. The van der Waals surface area contributed by atoms with Gasteiger partial charge in [-0.1, -0.05) is 50.6 Å². The molecule has 4 nitrogen and oxygen atoms in total. The quantitative estimate of drug-likeness (QED) is 0.699. The largest absolute Gasteiger partial charge is 0.478 e. The predicted octanol–water partition coefficient (Wildman–Crippen LogP) is 4.77. The van der Waals surface area contributed by atoms with Crippen LogP contribution < -0.4 is 0 Å². The Bertz CT molecular complexity index is 925. The van der Waals surface area contributed by atoms with Gasteiger partial charge in [-0.15, -0.1) is 11.3 Å². The van der Waals surface area contributed by atoms with Gasteiger partial charge in [-0.25, -0.2) is 9.78 Å². The average Bonchev–Trinajstić information content (AvgIpc) is 3.04. The summed E-state index contributed by atoms with van der Waals surface area (Å²) < 4.78 is 2.05. The van der Waals surface area contributed by atoms with Gasteiger partial charge in [0.25, 0.3) is 0 Å². The molecular formula is C19H20N2O2S. The lowest BCUT2D eigenvalue weighted by Gasteiger charge is -2.17. The minimum Gasteiger partial charge on any atom is -0.478 e. The van der Waals surface area contributed by atoms with Crippen molar-refractivity contribution in [2.24, 2.45) is 0 Å². The molecule has 5 heteroatoms. The number of aliphatic carboxylic acids is 1. The SMILES string of the molecule is Cc1ccc(-c2csc3nc(C(C)(C)C)c(/C=C/C(=O)O)n23)cc1. The lowest BCUT2D eigenvalue weighted by molar-refractivity contribution is -0.131. The first-order valence-corrected chi connectivity index (χ1v) is 8.64. The first kappa shape index (κ1) is 16.5. The minimum absolute atomic E-state index is 0.172. The Balaban J connectivity index is 2.28. The Morgan fingerprint density at radius 3 is 2.50 bits per heavy atom. The van der Waals surface area contributed by atoms with Gasteiger partial charge in [0.15, 0.2) is 4.96 Å². The number of benzene rings is 1. The number of fused-ring (bicyclic) bond motifs is 1. The second-order valence-electron chi connectivity index (χ2n) is 6.87. The summed E-state index contributed by atoms with van der Waals surface area (Å²) >= 11 is 1.57. The number of rotatable bonds is 3. The zero-order valence-electron chi connectivity index (χ0n) is 14.2. The lowest BCUT2D eigenvalue weighted by atomic mass is 9.90. The number of carboxylic acids is 1. The van der Waals surface area contributed by atoms with E-state index in [1.54, 1.807) is 17.4 Å². The standard InChI is InChI=1S/C19H20N2O2S/c1-12-5-7-13(8-6-12)15-11-24-18-20-17(19(2,3)4)14(21(15)18)9-10-16(22)23/h5-11H,1-4H3,(H,22,23)/b10-9+. The third kappa shape index (κ3) is 2.99. The molecule has 3 aromatic rings. The van der Waals surface area contributed by atoms with Gasteiger partial charge in [0.1, 0.15) is 0 Å². The Morgan fingerprint density at radius 2 is 1.92 bits per heavy atom. The van der Waals surface area contributed by atoms with E-state index in [0.29, 0.717) is 0 Å². The van der Waals surface area contributed by atoms with Gasteiger partial charge in [0.05, 0.1) is 17.1 Å². The van der Waals surface area contributed by atoms with Gasteiger partial charge in [-0.3, -0.25) is 4.40 Å². The molecule has 0 saturated carbocycles. The molecule has 0 unspecified atom stereocenters. The highest BCUT2D eigenvalue weighted by molar-refractivity contribution is 7.15. The van der Waals surface area contributed by atoms with Crippen molar-refractivity contribution in [3.63, 3.8) is 0 Å². The van der Waals surface area contributed by atoms with Crippen LogP contribution in [0.1, 0.15) is 37.7 Å². The fourth-order valence-corrected chi connectivity index (χ4v) is 3.57. The molecule has 0 aliphatic carbocycles. The monoisotopic (exact) mass is 340 g/mol. The van der Waals surface area contributed by atoms with Crippen molar-refractivity contribution in [2.45, 2.75) is 33.1 Å². The first-order valence-electron chi connectivity index (χ1n) is 7.76. The van der Waals surface area contributed by atoms with E-state index in [1.165, 1.54) is 11.6 Å². The minimum atomic E-state index is -0.961. The summed E-state index contributed by atoms with van der Waals surface area (Å²) in [5, 5.41) is 11.1. The number of imidazole rings is 1. The molecule has 0 bridgehead atoms. The zero-order valence-corrected chi connectivity index (χ0v) is 15.0. The van der Waals surface area contributed by atoms with Crippen LogP contribution in [0.15, 0.2) is 35.7 Å². The molecule has 1 N–H and O–H groups in total. The topological polar surface area (TPSA) is 54.6 Å². The molecule has 3 rings (SSSR count). The molecule has 1 aromatic carbocycles. The van der Waals surface area contributed by atoms with Crippen LogP contribution >= 0.6 is 11.3 Å². The molecule has 0 atom stereocenters. The van der Waals surface area contributed by atoms with E-state index in [2.05, 4.69) is 61.7 Å². The number of thiazole rings is 1. The van der Waals surface area contributed by atoms with Crippen molar-refractivity contribution < 1.29 is 9.90 Å². The van der Waals surface area contributed by atoms with Crippen LogP contribution in [0.3, 0.4) is 0 Å². The molecule has 2 aromatic heterocycles. The Labute approximate surface area is 145 Å². The van der Waals surface area contributed by atoms with E-state index in [4.69, 9.17) is 10.1 Å². The average molecular weight is 340 g/mol. The maximum Gasteiger partial charge on any atom is 0.328 e. The number of hydrogen-bond donors (Lipinski definition) is 1. The lowest BCUT2D eigenvalue weighted by Crippen LogP contribution is -2.13. The number of hydrogen-bond acceptors (Lipinski definition) is 3. The van der Waals surface area contributed by atoms with Crippen molar-refractivity contribution >= 4 is 28.3 Å². The summed E-state index contributed by atoms with van der Waals surface area (Å²) in [6.45, 7) is 8.32. The maximum atomic E-state index is 11.0. The van der Waals surface area contributed by atoms with Crippen LogP contribution in [0.25, 0.3) is 22.3 Å². The highest BCUT2D eigenvalue weighted by Crippen LogP contribution is 2.34. The molecule has 0 spiro atoms. The Morgan fingerprint density at radius 1 is 1.25 bits per heavy atom. The molecule has 0 aliphatic heterocycles. The molecule has 0 amide bonds. The van der Waals surface area contributed by atoms with Crippen LogP contribution in [0.2, 0.25) is 0 Å². The van der Waals surface area contributed by atoms with Crippen LogP contribution in [-0.2, 0) is 10.2 Å². The Hall–Kier alpha value is -2.40. The van der Waals surface area contributed by atoms with Gasteiger partial charge in [-0.05, 0) is 18.6 Å². The highest BCUT2D eigenvalue weighted by Gasteiger charge is 2.25. The van der Waals surface area contributed by atoms with E-state index < -0.39 is 5.97 Å². The molecule has 0 fully saturated rings. The van der Waals surface area contributed by atoms with Crippen molar-refractivity contribution in [1.29, 1.82) is 0 Å². The fourth-order valence-electron chi connectivity index (χ4n) is 2.66. The summed E-state index contributed by atoms with van der Waals surface area (Å²) in [6, 6.07) is 8.32. The number of nitrogens with zero attached hydrogens (tertiary/aromatic N) is 2. The number of aryl methyl sites for hydroxylation is 1. The van der Waals surface area contributed by atoms with Crippen molar-refractivity contribution in [1.82, 2.24) is 9.38 Å². The van der Waals surface area contributed by atoms with Crippen LogP contribution in [0.5, 0.6) is 0 Å². The molecule has 0 radical (unpaired) electrons.